The van der Waals surface area contributed by atoms with Crippen molar-refractivity contribution in [1.82, 2.24) is 5.32 Å². The first kappa shape index (κ1) is 15.8. The molecule has 1 unspecified atom stereocenters. The van der Waals surface area contributed by atoms with Crippen molar-refractivity contribution in [2.75, 3.05) is 6.54 Å². The third-order valence-electron chi connectivity index (χ3n) is 2.23. The molecule has 6 nitrogen and oxygen atoms in total. The third kappa shape index (κ3) is 3.88. The molecule has 0 bridgehead atoms. The van der Waals surface area contributed by atoms with Gasteiger partial charge in [-0.05, 0) is 12.1 Å². The molecular weight excluding hydrogens is 288 g/mol. The fourth-order valence-electron chi connectivity index (χ4n) is 1.25. The Kier molecular flexibility index (Phi) is 4.61. The Morgan fingerprint density at radius 1 is 1.45 bits per heavy atom. The van der Waals surface area contributed by atoms with Gasteiger partial charge in [-0.15, -0.1) is 0 Å². The third-order valence-corrected chi connectivity index (χ3v) is 2.23. The Balaban J connectivity index is 2.86. The van der Waals surface area contributed by atoms with Crippen LogP contribution in [0.5, 0.6) is 0 Å². The number of halogens is 4. The van der Waals surface area contributed by atoms with Crippen LogP contribution in [0.25, 0.3) is 0 Å². The maximum absolute atomic E-state index is 12.8. The van der Waals surface area contributed by atoms with Crippen molar-refractivity contribution in [1.29, 1.82) is 0 Å². The van der Waals surface area contributed by atoms with Crippen LogP contribution in [0.4, 0.5) is 23.2 Å². The lowest BCUT2D eigenvalue weighted by Crippen LogP contribution is -2.40. The molecule has 1 aromatic carbocycles. The van der Waals surface area contributed by atoms with E-state index in [0.717, 1.165) is 12.1 Å². The molecule has 10 heteroatoms. The molecule has 1 atom stereocenters. The number of carbonyl (C=O) groups excluding carboxylic acids is 1. The SMILES string of the molecule is O=C(NCC(O)C(F)(F)F)c1ccc(F)cc1[N+](=O)[O-]. The lowest BCUT2D eigenvalue weighted by molar-refractivity contribution is -0.385. The fourth-order valence-corrected chi connectivity index (χ4v) is 1.25. The second-order valence-corrected chi connectivity index (χ2v) is 3.69. The van der Waals surface area contributed by atoms with Gasteiger partial charge < -0.3 is 10.4 Å². The number of benzene rings is 1. The molecule has 0 radical (unpaired) electrons. The standard InChI is InChI=1S/C10H8F4N2O4/c11-5-1-2-6(7(3-5)16(19)20)9(18)15-4-8(17)10(12,13)14/h1-3,8,17H,4H2,(H,15,18). The largest absolute Gasteiger partial charge is 0.416 e. The maximum Gasteiger partial charge on any atom is 0.416 e. The van der Waals surface area contributed by atoms with Gasteiger partial charge in [0.1, 0.15) is 11.4 Å². The van der Waals surface area contributed by atoms with E-state index in [0.29, 0.717) is 6.07 Å². The summed E-state index contributed by atoms with van der Waals surface area (Å²) in [4.78, 5) is 21.1. The predicted octanol–water partition coefficient (Wildman–Crippen LogP) is 1.39. The number of rotatable bonds is 4. The zero-order chi connectivity index (χ0) is 15.5. The van der Waals surface area contributed by atoms with Crippen molar-refractivity contribution < 1.29 is 32.4 Å². The van der Waals surface area contributed by atoms with Gasteiger partial charge in [-0.25, -0.2) is 4.39 Å². The Hall–Kier alpha value is -2.23. The van der Waals surface area contributed by atoms with Gasteiger partial charge in [0.15, 0.2) is 6.10 Å². The highest BCUT2D eigenvalue weighted by Gasteiger charge is 2.38. The van der Waals surface area contributed by atoms with E-state index in [1.54, 1.807) is 5.32 Å². The molecule has 0 aromatic heterocycles. The summed E-state index contributed by atoms with van der Waals surface area (Å²) in [5, 5.41) is 21.0. The van der Waals surface area contributed by atoms with Crippen LogP contribution in [0.3, 0.4) is 0 Å². The van der Waals surface area contributed by atoms with Crippen LogP contribution < -0.4 is 5.32 Å². The molecule has 0 spiro atoms. The summed E-state index contributed by atoms with van der Waals surface area (Å²) in [6.45, 7) is -1.17. The predicted molar refractivity (Wildman–Crippen MR) is 57.4 cm³/mol. The Labute approximate surface area is 109 Å². The Morgan fingerprint density at radius 2 is 2.05 bits per heavy atom. The molecule has 1 amide bonds. The van der Waals surface area contributed by atoms with Crippen molar-refractivity contribution in [3.8, 4) is 0 Å². The van der Waals surface area contributed by atoms with Crippen LogP contribution in [-0.2, 0) is 0 Å². The normalized spacial score (nSPS) is 12.8. The number of aliphatic hydroxyl groups is 1. The molecule has 0 saturated carbocycles. The zero-order valence-corrected chi connectivity index (χ0v) is 9.65. The van der Waals surface area contributed by atoms with E-state index in [1.165, 1.54) is 0 Å². The fraction of sp³-hybridized carbons (Fsp3) is 0.300. The van der Waals surface area contributed by atoms with Gasteiger partial charge in [0.25, 0.3) is 11.6 Å². The van der Waals surface area contributed by atoms with E-state index in [1.807, 2.05) is 0 Å². The molecule has 0 aliphatic heterocycles. The van der Waals surface area contributed by atoms with Crippen molar-refractivity contribution in [2.45, 2.75) is 12.3 Å². The van der Waals surface area contributed by atoms with Gasteiger partial charge in [-0.1, -0.05) is 0 Å². The van der Waals surface area contributed by atoms with Gasteiger partial charge in [0.2, 0.25) is 0 Å². The van der Waals surface area contributed by atoms with Crippen LogP contribution in [0.2, 0.25) is 0 Å². The van der Waals surface area contributed by atoms with Gasteiger partial charge in [0, 0.05) is 0 Å². The van der Waals surface area contributed by atoms with Crippen LogP contribution in [0.15, 0.2) is 18.2 Å². The summed E-state index contributed by atoms with van der Waals surface area (Å²) in [7, 11) is 0. The summed E-state index contributed by atoms with van der Waals surface area (Å²) >= 11 is 0. The Bertz CT molecular complexity index is 532. The molecule has 1 aromatic rings. The smallest absolute Gasteiger partial charge is 0.382 e. The first-order chi connectivity index (χ1) is 9.12. The number of hydrogen-bond acceptors (Lipinski definition) is 4. The van der Waals surface area contributed by atoms with Gasteiger partial charge >= 0.3 is 6.18 Å². The molecule has 1 rings (SSSR count). The molecule has 0 aliphatic rings. The van der Waals surface area contributed by atoms with Crippen molar-refractivity contribution in [3.05, 3.63) is 39.7 Å². The molecule has 110 valence electrons. The van der Waals surface area contributed by atoms with E-state index in [2.05, 4.69) is 0 Å². The van der Waals surface area contributed by atoms with Gasteiger partial charge in [-0.3, -0.25) is 14.9 Å². The molecule has 0 aliphatic carbocycles. The average Bonchev–Trinajstić information content (AvgIpc) is 2.34. The number of nitro groups is 1. The summed E-state index contributed by atoms with van der Waals surface area (Å²) in [5.41, 5.74) is -1.49. The van der Waals surface area contributed by atoms with Gasteiger partial charge in [-0.2, -0.15) is 13.2 Å². The molecule has 0 fully saturated rings. The number of aliphatic hydroxyl groups excluding tert-OH is 1. The number of hydrogen-bond donors (Lipinski definition) is 2. The number of nitro benzene ring substituents is 1. The summed E-state index contributed by atoms with van der Waals surface area (Å²) in [6, 6.07) is 1.99. The minimum atomic E-state index is -4.93. The highest BCUT2D eigenvalue weighted by molar-refractivity contribution is 5.98. The number of carbonyl (C=O) groups is 1. The summed E-state index contributed by atoms with van der Waals surface area (Å²) in [6.07, 6.45) is -7.73. The number of nitrogens with zero attached hydrogens (tertiary/aromatic N) is 1. The number of amides is 1. The first-order valence-electron chi connectivity index (χ1n) is 5.10. The van der Waals surface area contributed by atoms with Gasteiger partial charge in [0.05, 0.1) is 17.5 Å². The van der Waals surface area contributed by atoms with Crippen molar-refractivity contribution >= 4 is 11.6 Å². The van der Waals surface area contributed by atoms with E-state index < -0.39 is 46.7 Å². The molecule has 2 N–H and O–H groups in total. The quantitative estimate of drug-likeness (QED) is 0.499. The Morgan fingerprint density at radius 3 is 2.55 bits per heavy atom. The number of alkyl halides is 3. The lowest BCUT2D eigenvalue weighted by atomic mass is 10.1. The van der Waals surface area contributed by atoms with Crippen molar-refractivity contribution in [2.24, 2.45) is 0 Å². The molecule has 20 heavy (non-hydrogen) atoms. The van der Waals surface area contributed by atoms with E-state index in [4.69, 9.17) is 5.11 Å². The molecule has 0 saturated heterocycles. The minimum Gasteiger partial charge on any atom is -0.382 e. The lowest BCUT2D eigenvalue weighted by Gasteiger charge is -2.14. The highest BCUT2D eigenvalue weighted by atomic mass is 19.4. The highest BCUT2D eigenvalue weighted by Crippen LogP contribution is 2.21. The second-order valence-electron chi connectivity index (χ2n) is 3.69. The summed E-state index contributed by atoms with van der Waals surface area (Å²) in [5.74, 6) is -2.19. The van der Waals surface area contributed by atoms with Crippen molar-refractivity contribution in [3.63, 3.8) is 0 Å². The van der Waals surface area contributed by atoms with Crippen LogP contribution >= 0.6 is 0 Å². The summed E-state index contributed by atoms with van der Waals surface area (Å²) < 4.78 is 48.8. The minimum absolute atomic E-state index is 0.467. The second kappa shape index (κ2) is 5.82. The maximum atomic E-state index is 12.8. The molecular formula is C10H8F4N2O4. The van der Waals surface area contributed by atoms with E-state index in [9.17, 15) is 32.5 Å². The molecule has 0 heterocycles. The monoisotopic (exact) mass is 296 g/mol. The number of nitrogens with one attached hydrogen (secondary N) is 1. The van der Waals surface area contributed by atoms with E-state index >= 15 is 0 Å². The first-order valence-corrected chi connectivity index (χ1v) is 5.10. The van der Waals surface area contributed by atoms with Crippen LogP contribution in [-0.4, -0.2) is 34.8 Å². The van der Waals surface area contributed by atoms with Crippen LogP contribution in [0, 0.1) is 15.9 Å². The topological polar surface area (TPSA) is 92.5 Å². The zero-order valence-electron chi connectivity index (χ0n) is 9.65. The van der Waals surface area contributed by atoms with Crippen LogP contribution in [0.1, 0.15) is 10.4 Å². The average molecular weight is 296 g/mol. The van der Waals surface area contributed by atoms with E-state index in [-0.39, 0.29) is 0 Å².